The molecular weight excluding hydrogens is 322 g/mol. The molecule has 0 spiro atoms. The number of halogens is 1. The van der Waals surface area contributed by atoms with Gasteiger partial charge < -0.3 is 14.7 Å². The minimum absolute atomic E-state index is 0.0130. The van der Waals surface area contributed by atoms with E-state index in [-0.39, 0.29) is 18.6 Å². The molecule has 1 saturated heterocycles. The van der Waals surface area contributed by atoms with E-state index in [0.717, 1.165) is 10.9 Å². The first-order chi connectivity index (χ1) is 9.45. The van der Waals surface area contributed by atoms with Crippen molar-refractivity contribution < 1.29 is 14.6 Å². The maximum atomic E-state index is 12.5. The molecule has 2 rings (SSSR count). The zero-order valence-electron chi connectivity index (χ0n) is 11.8. The van der Waals surface area contributed by atoms with Crippen molar-refractivity contribution in [1.82, 2.24) is 4.90 Å². The maximum Gasteiger partial charge on any atom is 0.254 e. The lowest BCUT2D eigenvalue weighted by atomic mass is 10.0. The van der Waals surface area contributed by atoms with Crippen LogP contribution in [0.3, 0.4) is 0 Å². The van der Waals surface area contributed by atoms with E-state index < -0.39 is 5.60 Å². The predicted molar refractivity (Wildman–Crippen MR) is 81.0 cm³/mol. The molecule has 1 fully saturated rings. The lowest BCUT2D eigenvalue weighted by molar-refractivity contribution is -0.139. The molecule has 1 aliphatic rings. The Morgan fingerprint density at radius 2 is 2.10 bits per heavy atom. The van der Waals surface area contributed by atoms with Gasteiger partial charge in [-0.2, -0.15) is 0 Å². The fourth-order valence-electron chi connectivity index (χ4n) is 2.46. The SMILES string of the molecule is CC1(C)CN(C(=O)c2ccc(CBr)cc2)CC(CO)O1. The van der Waals surface area contributed by atoms with Crippen LogP contribution in [0.25, 0.3) is 0 Å². The number of rotatable bonds is 3. The van der Waals surface area contributed by atoms with Gasteiger partial charge in [-0.25, -0.2) is 0 Å². The summed E-state index contributed by atoms with van der Waals surface area (Å²) in [5.74, 6) is -0.0130. The monoisotopic (exact) mass is 341 g/mol. The van der Waals surface area contributed by atoms with Crippen LogP contribution in [0.4, 0.5) is 0 Å². The summed E-state index contributed by atoms with van der Waals surface area (Å²) in [6.07, 6.45) is -0.315. The molecule has 0 radical (unpaired) electrons. The molecule has 1 amide bonds. The Labute approximate surface area is 127 Å². The average Bonchev–Trinajstić information content (AvgIpc) is 2.44. The summed E-state index contributed by atoms with van der Waals surface area (Å²) in [7, 11) is 0. The summed E-state index contributed by atoms with van der Waals surface area (Å²) in [6, 6.07) is 7.57. The van der Waals surface area contributed by atoms with Gasteiger partial charge in [-0.3, -0.25) is 4.79 Å². The minimum Gasteiger partial charge on any atom is -0.394 e. The number of nitrogens with zero attached hydrogens (tertiary/aromatic N) is 1. The van der Waals surface area contributed by atoms with Crippen molar-refractivity contribution in [3.8, 4) is 0 Å². The highest BCUT2D eigenvalue weighted by Crippen LogP contribution is 2.22. The van der Waals surface area contributed by atoms with Crippen molar-refractivity contribution in [2.75, 3.05) is 19.7 Å². The minimum atomic E-state index is -0.433. The highest BCUT2D eigenvalue weighted by molar-refractivity contribution is 9.08. The molecule has 1 aliphatic heterocycles. The molecule has 1 aromatic rings. The van der Waals surface area contributed by atoms with Gasteiger partial charge >= 0.3 is 0 Å². The topological polar surface area (TPSA) is 49.8 Å². The highest BCUT2D eigenvalue weighted by atomic mass is 79.9. The zero-order valence-corrected chi connectivity index (χ0v) is 13.4. The number of amides is 1. The molecule has 0 aliphatic carbocycles. The molecule has 0 bridgehead atoms. The molecule has 1 N–H and O–H groups in total. The molecule has 110 valence electrons. The summed E-state index contributed by atoms with van der Waals surface area (Å²) in [4.78, 5) is 14.3. The van der Waals surface area contributed by atoms with Crippen LogP contribution in [0.15, 0.2) is 24.3 Å². The van der Waals surface area contributed by atoms with Crippen LogP contribution in [0.1, 0.15) is 29.8 Å². The van der Waals surface area contributed by atoms with Crippen LogP contribution in [0.5, 0.6) is 0 Å². The second kappa shape index (κ2) is 6.24. The molecule has 4 nitrogen and oxygen atoms in total. The van der Waals surface area contributed by atoms with Gasteiger partial charge in [0.1, 0.15) is 0 Å². The molecule has 5 heteroatoms. The largest absolute Gasteiger partial charge is 0.394 e. The lowest BCUT2D eigenvalue weighted by Crippen LogP contribution is -2.55. The Morgan fingerprint density at radius 1 is 1.45 bits per heavy atom. The third-order valence-corrected chi connectivity index (χ3v) is 3.97. The highest BCUT2D eigenvalue weighted by Gasteiger charge is 2.35. The van der Waals surface area contributed by atoms with Crippen LogP contribution in [0.2, 0.25) is 0 Å². The summed E-state index contributed by atoms with van der Waals surface area (Å²) >= 11 is 3.39. The fourth-order valence-corrected chi connectivity index (χ4v) is 2.84. The molecule has 20 heavy (non-hydrogen) atoms. The van der Waals surface area contributed by atoms with E-state index in [1.165, 1.54) is 0 Å². The maximum absolute atomic E-state index is 12.5. The summed E-state index contributed by atoms with van der Waals surface area (Å²) in [5.41, 5.74) is 1.37. The van der Waals surface area contributed by atoms with Crippen molar-refractivity contribution in [1.29, 1.82) is 0 Å². The molecule has 0 saturated carbocycles. The van der Waals surface area contributed by atoms with Gasteiger partial charge in [-0.1, -0.05) is 28.1 Å². The number of morpholine rings is 1. The van der Waals surface area contributed by atoms with E-state index in [0.29, 0.717) is 18.7 Å². The first kappa shape index (κ1) is 15.5. The van der Waals surface area contributed by atoms with Gasteiger partial charge in [0, 0.05) is 24.0 Å². The molecule has 1 atom stereocenters. The first-order valence-corrected chi connectivity index (χ1v) is 7.80. The Hall–Kier alpha value is -0.910. The molecule has 0 aromatic heterocycles. The van der Waals surface area contributed by atoms with Crippen LogP contribution in [-0.2, 0) is 10.1 Å². The van der Waals surface area contributed by atoms with Crippen LogP contribution >= 0.6 is 15.9 Å². The second-order valence-corrected chi connectivity index (χ2v) is 6.26. The van der Waals surface area contributed by atoms with E-state index in [4.69, 9.17) is 4.74 Å². The van der Waals surface area contributed by atoms with Gasteiger partial charge in [0.25, 0.3) is 5.91 Å². The quantitative estimate of drug-likeness (QED) is 0.857. The smallest absolute Gasteiger partial charge is 0.254 e. The number of hydrogen-bond donors (Lipinski definition) is 1. The van der Waals surface area contributed by atoms with E-state index in [2.05, 4.69) is 15.9 Å². The lowest BCUT2D eigenvalue weighted by Gasteiger charge is -2.42. The van der Waals surface area contributed by atoms with Crippen LogP contribution in [-0.4, -0.2) is 47.3 Å². The van der Waals surface area contributed by atoms with Crippen molar-refractivity contribution >= 4 is 21.8 Å². The van der Waals surface area contributed by atoms with Gasteiger partial charge in [-0.05, 0) is 31.5 Å². The predicted octanol–water partition coefficient (Wildman–Crippen LogP) is 2.19. The van der Waals surface area contributed by atoms with Gasteiger partial charge in [-0.15, -0.1) is 0 Å². The van der Waals surface area contributed by atoms with Crippen molar-refractivity contribution in [3.05, 3.63) is 35.4 Å². The summed E-state index contributed by atoms with van der Waals surface area (Å²) < 4.78 is 5.73. The standard InChI is InChI=1S/C15H20BrNO3/c1-15(2)10-17(8-13(9-18)20-15)14(19)12-5-3-11(7-16)4-6-12/h3-6,13,18H,7-10H2,1-2H3. The Bertz CT molecular complexity index is 473. The number of alkyl halides is 1. The van der Waals surface area contributed by atoms with Crippen LogP contribution < -0.4 is 0 Å². The van der Waals surface area contributed by atoms with Crippen molar-refractivity contribution in [3.63, 3.8) is 0 Å². The number of hydrogen-bond acceptors (Lipinski definition) is 3. The Kier molecular flexibility index (Phi) is 4.83. The number of carbonyl (C=O) groups excluding carboxylic acids is 1. The molecule has 1 aromatic carbocycles. The van der Waals surface area contributed by atoms with Crippen LogP contribution in [0, 0.1) is 0 Å². The normalized spacial score (nSPS) is 21.8. The van der Waals surface area contributed by atoms with Gasteiger partial charge in [0.15, 0.2) is 0 Å². The van der Waals surface area contributed by atoms with Crippen molar-refractivity contribution in [2.45, 2.75) is 30.9 Å². The number of aliphatic hydroxyl groups excluding tert-OH is 1. The second-order valence-electron chi connectivity index (χ2n) is 5.70. The van der Waals surface area contributed by atoms with Crippen molar-refractivity contribution in [2.24, 2.45) is 0 Å². The third-order valence-electron chi connectivity index (χ3n) is 3.33. The van der Waals surface area contributed by atoms with Gasteiger partial charge in [0.2, 0.25) is 0 Å². The number of benzene rings is 1. The summed E-state index contributed by atoms with van der Waals surface area (Å²) in [5, 5.41) is 10.1. The van der Waals surface area contributed by atoms with E-state index in [1.54, 1.807) is 4.90 Å². The number of carbonyl (C=O) groups is 1. The summed E-state index contributed by atoms with van der Waals surface area (Å²) in [6.45, 7) is 4.75. The molecular formula is C15H20BrNO3. The molecule has 1 heterocycles. The fraction of sp³-hybridized carbons (Fsp3) is 0.533. The van der Waals surface area contributed by atoms with E-state index >= 15 is 0 Å². The Balaban J connectivity index is 2.14. The van der Waals surface area contributed by atoms with Gasteiger partial charge in [0.05, 0.1) is 18.3 Å². The first-order valence-electron chi connectivity index (χ1n) is 6.68. The average molecular weight is 342 g/mol. The number of aliphatic hydroxyl groups is 1. The zero-order chi connectivity index (χ0) is 14.8. The van der Waals surface area contributed by atoms with E-state index in [1.807, 2.05) is 38.1 Å². The Morgan fingerprint density at radius 3 is 2.65 bits per heavy atom. The third kappa shape index (κ3) is 3.59. The van der Waals surface area contributed by atoms with E-state index in [9.17, 15) is 9.90 Å². The number of ether oxygens (including phenoxy) is 1. The molecule has 1 unspecified atom stereocenters.